The van der Waals surface area contributed by atoms with Crippen LogP contribution < -0.4 is 10.1 Å². The van der Waals surface area contributed by atoms with Crippen molar-refractivity contribution in [2.24, 2.45) is 0 Å². The normalized spacial score (nSPS) is 16.9. The molecule has 5 heteroatoms. The minimum atomic E-state index is -0.469. The SMILES string of the molecule is CCOc1ccc(/C=C/C(=O)C2=C(C)N(CC)C(=O)N[C@@H]2c2ccccc2)cc1. The molecule has 0 saturated heterocycles. The number of ketones is 1. The molecule has 1 atom stereocenters. The first-order chi connectivity index (χ1) is 14.0. The lowest BCUT2D eigenvalue weighted by Gasteiger charge is -2.35. The minimum Gasteiger partial charge on any atom is -0.494 e. The number of carbonyl (C=O) groups excluding carboxylic acids is 2. The molecule has 0 spiro atoms. The molecule has 5 nitrogen and oxygen atoms in total. The highest BCUT2D eigenvalue weighted by molar-refractivity contribution is 6.09. The smallest absolute Gasteiger partial charge is 0.322 e. The van der Waals surface area contributed by atoms with E-state index in [0.29, 0.717) is 24.4 Å². The molecule has 0 aromatic heterocycles. The molecule has 2 aromatic carbocycles. The maximum atomic E-state index is 13.2. The van der Waals surface area contributed by atoms with Gasteiger partial charge in [-0.25, -0.2) is 4.79 Å². The van der Waals surface area contributed by atoms with E-state index in [2.05, 4.69) is 5.32 Å². The van der Waals surface area contributed by atoms with E-state index in [1.807, 2.05) is 75.4 Å². The second kappa shape index (κ2) is 9.24. The summed E-state index contributed by atoms with van der Waals surface area (Å²) in [5.74, 6) is 0.677. The van der Waals surface area contributed by atoms with Crippen molar-refractivity contribution in [3.05, 3.63) is 83.1 Å². The molecule has 3 rings (SSSR count). The molecule has 150 valence electrons. The van der Waals surface area contributed by atoms with Gasteiger partial charge in [0.05, 0.1) is 12.6 Å². The van der Waals surface area contributed by atoms with Gasteiger partial charge in [-0.1, -0.05) is 48.5 Å². The van der Waals surface area contributed by atoms with E-state index < -0.39 is 6.04 Å². The Morgan fingerprint density at radius 1 is 1.10 bits per heavy atom. The van der Waals surface area contributed by atoms with Gasteiger partial charge in [0.25, 0.3) is 0 Å². The molecule has 0 bridgehead atoms. The monoisotopic (exact) mass is 390 g/mol. The molecule has 0 aliphatic carbocycles. The molecule has 0 fully saturated rings. The van der Waals surface area contributed by atoms with Gasteiger partial charge in [-0.3, -0.25) is 9.69 Å². The molecule has 2 aromatic rings. The summed E-state index contributed by atoms with van der Waals surface area (Å²) in [7, 11) is 0. The summed E-state index contributed by atoms with van der Waals surface area (Å²) in [6.45, 7) is 6.77. The molecular weight excluding hydrogens is 364 g/mol. The summed E-state index contributed by atoms with van der Waals surface area (Å²) in [6.07, 6.45) is 3.35. The zero-order chi connectivity index (χ0) is 20.8. The van der Waals surface area contributed by atoms with Crippen LogP contribution >= 0.6 is 0 Å². The number of benzene rings is 2. The highest BCUT2D eigenvalue weighted by atomic mass is 16.5. The van der Waals surface area contributed by atoms with Crippen LogP contribution in [0.1, 0.15) is 37.9 Å². The standard InChI is InChI=1S/C24H26N2O3/c1-4-26-17(3)22(23(25-24(26)28)19-9-7-6-8-10-19)21(27)16-13-18-11-14-20(15-12-18)29-5-2/h6-16,23H,4-5H2,1-3H3,(H,25,28)/b16-13+/t23-/m1/s1. The average molecular weight is 390 g/mol. The molecule has 0 radical (unpaired) electrons. The van der Waals surface area contributed by atoms with E-state index >= 15 is 0 Å². The van der Waals surface area contributed by atoms with E-state index in [9.17, 15) is 9.59 Å². The van der Waals surface area contributed by atoms with Gasteiger partial charge in [-0.05, 0) is 50.1 Å². The summed E-state index contributed by atoms with van der Waals surface area (Å²) < 4.78 is 5.45. The third kappa shape index (κ3) is 4.57. The summed E-state index contributed by atoms with van der Waals surface area (Å²) >= 11 is 0. The number of carbonyl (C=O) groups is 2. The van der Waals surface area contributed by atoms with Gasteiger partial charge in [0, 0.05) is 17.8 Å². The lowest BCUT2D eigenvalue weighted by Crippen LogP contribution is -2.47. The van der Waals surface area contributed by atoms with Crippen LogP contribution in [0, 0.1) is 0 Å². The van der Waals surface area contributed by atoms with Crippen LogP contribution in [0.15, 0.2) is 71.9 Å². The van der Waals surface area contributed by atoms with Crippen molar-refractivity contribution in [3.63, 3.8) is 0 Å². The fourth-order valence-electron chi connectivity index (χ4n) is 3.48. The second-order valence-electron chi connectivity index (χ2n) is 6.74. The Bertz CT molecular complexity index is 930. The van der Waals surface area contributed by atoms with Gasteiger partial charge < -0.3 is 10.1 Å². The van der Waals surface area contributed by atoms with Gasteiger partial charge in [-0.2, -0.15) is 0 Å². The van der Waals surface area contributed by atoms with Crippen LogP contribution in [0.3, 0.4) is 0 Å². The molecule has 1 heterocycles. The minimum absolute atomic E-state index is 0.122. The Morgan fingerprint density at radius 2 is 1.79 bits per heavy atom. The number of hydrogen-bond donors (Lipinski definition) is 1. The molecule has 29 heavy (non-hydrogen) atoms. The quantitative estimate of drug-likeness (QED) is 0.696. The summed E-state index contributed by atoms with van der Waals surface area (Å²) in [6, 6.07) is 16.5. The molecule has 0 saturated carbocycles. The number of amides is 2. The number of hydrogen-bond acceptors (Lipinski definition) is 3. The molecule has 2 amide bonds. The Balaban J connectivity index is 1.91. The predicted molar refractivity (Wildman–Crippen MR) is 114 cm³/mol. The van der Waals surface area contributed by atoms with Crippen molar-refractivity contribution in [1.82, 2.24) is 10.2 Å². The van der Waals surface area contributed by atoms with Crippen LogP contribution in [0.25, 0.3) is 6.08 Å². The Hall–Kier alpha value is -3.34. The van der Waals surface area contributed by atoms with E-state index in [1.165, 1.54) is 0 Å². The third-order valence-corrected chi connectivity index (χ3v) is 4.93. The van der Waals surface area contributed by atoms with Gasteiger partial charge in [0.15, 0.2) is 5.78 Å². The second-order valence-corrected chi connectivity index (χ2v) is 6.74. The highest BCUT2D eigenvalue weighted by Crippen LogP contribution is 2.31. The summed E-state index contributed by atoms with van der Waals surface area (Å²) in [5.41, 5.74) is 3.06. The Morgan fingerprint density at radius 3 is 2.41 bits per heavy atom. The van der Waals surface area contributed by atoms with Gasteiger partial charge in [0.2, 0.25) is 0 Å². The van der Waals surface area contributed by atoms with Crippen molar-refractivity contribution in [3.8, 4) is 5.75 Å². The van der Waals surface area contributed by atoms with E-state index in [-0.39, 0.29) is 11.8 Å². The fraction of sp³-hybridized carbons (Fsp3) is 0.250. The van der Waals surface area contributed by atoms with Crippen molar-refractivity contribution in [2.45, 2.75) is 26.8 Å². The van der Waals surface area contributed by atoms with Gasteiger partial charge >= 0.3 is 6.03 Å². The zero-order valence-corrected chi connectivity index (χ0v) is 17.0. The molecule has 1 N–H and O–H groups in total. The lowest BCUT2D eigenvalue weighted by molar-refractivity contribution is -0.111. The number of ether oxygens (including phenoxy) is 1. The maximum Gasteiger partial charge on any atom is 0.322 e. The van der Waals surface area contributed by atoms with E-state index in [4.69, 9.17) is 4.74 Å². The van der Waals surface area contributed by atoms with Gasteiger partial charge in [-0.15, -0.1) is 0 Å². The topological polar surface area (TPSA) is 58.6 Å². The molecular formula is C24H26N2O3. The van der Waals surface area contributed by atoms with Crippen LogP contribution in [0.2, 0.25) is 0 Å². The number of rotatable bonds is 7. The largest absolute Gasteiger partial charge is 0.494 e. The number of allylic oxidation sites excluding steroid dienone is 2. The predicted octanol–water partition coefficient (Wildman–Crippen LogP) is 4.73. The Labute approximate surface area is 171 Å². The van der Waals surface area contributed by atoms with Crippen LogP contribution in [-0.4, -0.2) is 29.9 Å². The van der Waals surface area contributed by atoms with Crippen molar-refractivity contribution >= 4 is 17.9 Å². The number of nitrogens with one attached hydrogen (secondary N) is 1. The number of nitrogens with zero attached hydrogens (tertiary/aromatic N) is 1. The first kappa shape index (κ1) is 20.4. The lowest BCUT2D eigenvalue weighted by atomic mass is 9.91. The highest BCUT2D eigenvalue weighted by Gasteiger charge is 2.33. The fourth-order valence-corrected chi connectivity index (χ4v) is 3.48. The van der Waals surface area contributed by atoms with Crippen LogP contribution in [0.4, 0.5) is 4.79 Å². The van der Waals surface area contributed by atoms with Crippen molar-refractivity contribution < 1.29 is 14.3 Å². The van der Waals surface area contributed by atoms with Crippen LogP contribution in [-0.2, 0) is 4.79 Å². The molecule has 0 unspecified atom stereocenters. The number of urea groups is 1. The van der Waals surface area contributed by atoms with E-state index in [1.54, 1.807) is 17.1 Å². The average Bonchev–Trinajstić information content (AvgIpc) is 2.74. The summed E-state index contributed by atoms with van der Waals surface area (Å²) in [5, 5.41) is 2.97. The van der Waals surface area contributed by atoms with Crippen molar-refractivity contribution in [2.75, 3.05) is 13.2 Å². The van der Waals surface area contributed by atoms with Crippen molar-refractivity contribution in [1.29, 1.82) is 0 Å². The van der Waals surface area contributed by atoms with Gasteiger partial charge in [0.1, 0.15) is 5.75 Å². The molecule has 1 aliphatic heterocycles. The van der Waals surface area contributed by atoms with Crippen LogP contribution in [0.5, 0.6) is 5.75 Å². The zero-order valence-electron chi connectivity index (χ0n) is 17.0. The maximum absolute atomic E-state index is 13.2. The molecule has 1 aliphatic rings. The van der Waals surface area contributed by atoms with E-state index in [0.717, 1.165) is 16.9 Å². The summed E-state index contributed by atoms with van der Waals surface area (Å²) in [4.78, 5) is 27.2. The first-order valence-corrected chi connectivity index (χ1v) is 9.84. The first-order valence-electron chi connectivity index (χ1n) is 9.84. The Kier molecular flexibility index (Phi) is 6.50. The third-order valence-electron chi connectivity index (χ3n) is 4.93.